The molecule has 2 aromatic rings. The van der Waals surface area contributed by atoms with E-state index in [1.54, 1.807) is 51.3 Å². The maximum atomic E-state index is 12.2. The summed E-state index contributed by atoms with van der Waals surface area (Å²) in [6, 6.07) is 11.2. The van der Waals surface area contributed by atoms with Gasteiger partial charge < -0.3 is 19.5 Å². The Kier molecular flexibility index (Phi) is 6.77. The number of ether oxygens (including phenoxy) is 3. The lowest BCUT2D eigenvalue weighted by Gasteiger charge is -2.14. The normalized spacial score (nSPS) is 10.6. The summed E-state index contributed by atoms with van der Waals surface area (Å²) in [6.07, 6.45) is 5.12. The first-order valence-electron chi connectivity index (χ1n) is 7.55. The molecule has 0 atom stereocenters. The molecule has 2 aromatic carbocycles. The van der Waals surface area contributed by atoms with Gasteiger partial charge in [0.1, 0.15) is 0 Å². The van der Waals surface area contributed by atoms with Crippen molar-refractivity contribution in [3.05, 3.63) is 48.0 Å². The average Bonchev–Trinajstić information content (AvgIpc) is 2.65. The maximum absolute atomic E-state index is 12.2. The van der Waals surface area contributed by atoms with Gasteiger partial charge in [0.05, 0.1) is 21.3 Å². The average molecular weight is 359 g/mol. The topological polar surface area (TPSA) is 56.8 Å². The predicted molar refractivity (Wildman–Crippen MR) is 102 cm³/mol. The Morgan fingerprint density at radius 3 is 2.44 bits per heavy atom. The lowest BCUT2D eigenvalue weighted by atomic mass is 10.1. The highest BCUT2D eigenvalue weighted by molar-refractivity contribution is 7.98. The van der Waals surface area contributed by atoms with Gasteiger partial charge in [-0.2, -0.15) is 0 Å². The number of hydrogen-bond donors (Lipinski definition) is 1. The Labute approximate surface area is 152 Å². The number of carbonyl (C=O) groups is 1. The zero-order chi connectivity index (χ0) is 18.2. The monoisotopic (exact) mass is 359 g/mol. The van der Waals surface area contributed by atoms with E-state index in [1.165, 1.54) is 6.08 Å². The Morgan fingerprint density at radius 1 is 1.04 bits per heavy atom. The molecular formula is C19H21NO4S. The SMILES string of the molecule is COc1ccc(C=CC(=O)Nc2cccc(SC)c2)c(OC)c1OC. The van der Waals surface area contributed by atoms with E-state index in [2.05, 4.69) is 5.32 Å². The van der Waals surface area contributed by atoms with Gasteiger partial charge in [0.15, 0.2) is 11.5 Å². The standard InChI is InChI=1S/C19H21NO4S/c1-22-16-10-8-13(18(23-2)19(16)24-3)9-11-17(21)20-14-6-5-7-15(12-14)25-4/h5-12H,1-4H3,(H,20,21). The number of benzene rings is 2. The van der Waals surface area contributed by atoms with Crippen molar-refractivity contribution in [1.29, 1.82) is 0 Å². The van der Waals surface area contributed by atoms with Crippen LogP contribution in [0.2, 0.25) is 0 Å². The highest BCUT2D eigenvalue weighted by Gasteiger charge is 2.14. The first-order chi connectivity index (χ1) is 12.1. The molecule has 0 radical (unpaired) electrons. The van der Waals surface area contributed by atoms with Crippen molar-refractivity contribution in [1.82, 2.24) is 0 Å². The summed E-state index contributed by atoms with van der Waals surface area (Å²) < 4.78 is 16.0. The van der Waals surface area contributed by atoms with Gasteiger partial charge in [0.2, 0.25) is 11.7 Å². The fourth-order valence-corrected chi connectivity index (χ4v) is 2.77. The minimum atomic E-state index is -0.227. The van der Waals surface area contributed by atoms with Crippen LogP contribution in [0.15, 0.2) is 47.4 Å². The van der Waals surface area contributed by atoms with Gasteiger partial charge >= 0.3 is 0 Å². The van der Waals surface area contributed by atoms with E-state index >= 15 is 0 Å². The van der Waals surface area contributed by atoms with Crippen molar-refractivity contribution in [2.24, 2.45) is 0 Å². The van der Waals surface area contributed by atoms with E-state index in [9.17, 15) is 4.79 Å². The molecule has 132 valence electrons. The van der Waals surface area contributed by atoms with Crippen LogP contribution in [0.25, 0.3) is 6.08 Å². The van der Waals surface area contributed by atoms with Crippen molar-refractivity contribution >= 4 is 29.4 Å². The van der Waals surface area contributed by atoms with E-state index < -0.39 is 0 Å². The molecule has 6 heteroatoms. The molecule has 0 fully saturated rings. The van der Waals surface area contributed by atoms with Crippen molar-refractivity contribution in [3.63, 3.8) is 0 Å². The largest absolute Gasteiger partial charge is 0.493 e. The molecule has 0 aromatic heterocycles. The zero-order valence-electron chi connectivity index (χ0n) is 14.7. The van der Waals surface area contributed by atoms with Crippen LogP contribution >= 0.6 is 11.8 Å². The molecule has 0 saturated heterocycles. The number of rotatable bonds is 7. The number of methoxy groups -OCH3 is 3. The van der Waals surface area contributed by atoms with Crippen molar-refractivity contribution in [3.8, 4) is 17.2 Å². The first kappa shape index (κ1) is 18.7. The quantitative estimate of drug-likeness (QED) is 0.596. The van der Waals surface area contributed by atoms with Crippen LogP contribution in [-0.2, 0) is 4.79 Å². The summed E-state index contributed by atoms with van der Waals surface area (Å²) in [6.45, 7) is 0. The molecule has 0 aliphatic rings. The Morgan fingerprint density at radius 2 is 1.80 bits per heavy atom. The molecule has 0 bridgehead atoms. The minimum absolute atomic E-state index is 0.227. The Hall–Kier alpha value is -2.60. The third-order valence-electron chi connectivity index (χ3n) is 3.49. The third-order valence-corrected chi connectivity index (χ3v) is 4.21. The van der Waals surface area contributed by atoms with Crippen molar-refractivity contribution in [2.45, 2.75) is 4.90 Å². The van der Waals surface area contributed by atoms with Crippen LogP contribution in [0, 0.1) is 0 Å². The molecule has 0 aliphatic carbocycles. The highest BCUT2D eigenvalue weighted by atomic mass is 32.2. The number of thioether (sulfide) groups is 1. The highest BCUT2D eigenvalue weighted by Crippen LogP contribution is 2.40. The summed E-state index contributed by atoms with van der Waals surface area (Å²) in [5.41, 5.74) is 1.47. The molecule has 2 rings (SSSR count). The first-order valence-corrected chi connectivity index (χ1v) is 8.77. The number of hydrogen-bond acceptors (Lipinski definition) is 5. The number of amides is 1. The number of carbonyl (C=O) groups excluding carboxylic acids is 1. The van der Waals surface area contributed by atoms with E-state index in [-0.39, 0.29) is 5.91 Å². The fraction of sp³-hybridized carbons (Fsp3) is 0.211. The molecule has 1 amide bonds. The molecule has 0 aliphatic heterocycles. The van der Waals surface area contributed by atoms with Gasteiger partial charge in [-0.1, -0.05) is 6.07 Å². The van der Waals surface area contributed by atoms with E-state index in [0.717, 1.165) is 10.6 Å². The van der Waals surface area contributed by atoms with Gasteiger partial charge in [-0.3, -0.25) is 4.79 Å². The molecule has 0 saturated carbocycles. The second kappa shape index (κ2) is 9.03. The van der Waals surface area contributed by atoms with Gasteiger partial charge in [-0.05, 0) is 42.7 Å². The van der Waals surface area contributed by atoms with Crippen LogP contribution in [-0.4, -0.2) is 33.5 Å². The molecule has 25 heavy (non-hydrogen) atoms. The fourth-order valence-electron chi connectivity index (χ4n) is 2.31. The van der Waals surface area contributed by atoms with E-state index in [1.807, 2.05) is 30.5 Å². The van der Waals surface area contributed by atoms with Crippen molar-refractivity contribution < 1.29 is 19.0 Å². The maximum Gasteiger partial charge on any atom is 0.248 e. The van der Waals surface area contributed by atoms with Gasteiger partial charge in [0.25, 0.3) is 0 Å². The molecule has 0 heterocycles. The van der Waals surface area contributed by atoms with Gasteiger partial charge in [0, 0.05) is 22.2 Å². The van der Waals surface area contributed by atoms with Gasteiger partial charge in [-0.15, -0.1) is 11.8 Å². The Balaban J connectivity index is 2.19. The zero-order valence-corrected chi connectivity index (χ0v) is 15.5. The number of nitrogens with one attached hydrogen (secondary N) is 1. The molecule has 5 nitrogen and oxygen atoms in total. The van der Waals surface area contributed by atoms with Crippen LogP contribution in [0.1, 0.15) is 5.56 Å². The van der Waals surface area contributed by atoms with E-state index in [4.69, 9.17) is 14.2 Å². The molecular weight excluding hydrogens is 338 g/mol. The minimum Gasteiger partial charge on any atom is -0.493 e. The summed E-state index contributed by atoms with van der Waals surface area (Å²) in [4.78, 5) is 13.2. The molecule has 0 spiro atoms. The van der Waals surface area contributed by atoms with Crippen molar-refractivity contribution in [2.75, 3.05) is 32.9 Å². The molecule has 1 N–H and O–H groups in total. The Bertz CT molecular complexity index is 774. The summed E-state index contributed by atoms with van der Waals surface area (Å²) >= 11 is 1.62. The second-order valence-corrected chi connectivity index (χ2v) is 5.86. The van der Waals surface area contributed by atoms with Gasteiger partial charge in [-0.25, -0.2) is 0 Å². The third kappa shape index (κ3) is 4.70. The lowest BCUT2D eigenvalue weighted by Crippen LogP contribution is -2.07. The summed E-state index contributed by atoms with van der Waals surface area (Å²) in [5.74, 6) is 1.33. The lowest BCUT2D eigenvalue weighted by molar-refractivity contribution is -0.111. The summed E-state index contributed by atoms with van der Waals surface area (Å²) in [7, 11) is 4.64. The van der Waals surface area contributed by atoms with E-state index in [0.29, 0.717) is 22.8 Å². The van der Waals surface area contributed by atoms with Crippen LogP contribution < -0.4 is 19.5 Å². The summed E-state index contributed by atoms with van der Waals surface area (Å²) in [5, 5.41) is 2.84. The second-order valence-electron chi connectivity index (χ2n) is 4.98. The predicted octanol–water partition coefficient (Wildman–Crippen LogP) is 4.09. The molecule has 0 unspecified atom stereocenters. The van der Waals surface area contributed by atoms with Crippen LogP contribution in [0.4, 0.5) is 5.69 Å². The van der Waals surface area contributed by atoms with Crippen LogP contribution in [0.3, 0.4) is 0 Å². The van der Waals surface area contributed by atoms with Crippen LogP contribution in [0.5, 0.6) is 17.2 Å². The smallest absolute Gasteiger partial charge is 0.248 e. The number of anilines is 1.